The molecule has 0 unspecified atom stereocenters. The van der Waals surface area contributed by atoms with Crippen molar-refractivity contribution >= 4 is 18.4 Å². The van der Waals surface area contributed by atoms with Crippen LogP contribution < -0.4 is 14.2 Å². The largest absolute Gasteiger partial charge is 0.493 e. The Kier molecular flexibility index (Phi) is 8.71. The third-order valence-corrected chi connectivity index (χ3v) is 3.98. The fraction of sp³-hybridized carbons (Fsp3) is 0.588. The van der Waals surface area contributed by atoms with Gasteiger partial charge in [0, 0.05) is 6.54 Å². The van der Waals surface area contributed by atoms with Crippen molar-refractivity contribution in [3.8, 4) is 17.2 Å². The Bertz CT molecular complexity index is 507. The average Bonchev–Trinajstić information content (AvgIpc) is 2.61. The number of nitrogens with zero attached hydrogens (tertiary/aromatic N) is 1. The van der Waals surface area contributed by atoms with Gasteiger partial charge in [-0.2, -0.15) is 0 Å². The summed E-state index contributed by atoms with van der Waals surface area (Å²) in [5, 5.41) is 0. The van der Waals surface area contributed by atoms with Crippen LogP contribution in [0.4, 0.5) is 0 Å². The van der Waals surface area contributed by atoms with Crippen LogP contribution in [0.25, 0.3) is 0 Å². The molecule has 0 bridgehead atoms. The molecule has 1 aromatic rings. The highest BCUT2D eigenvalue weighted by Crippen LogP contribution is 2.38. The minimum atomic E-state index is -0.443. The molecule has 0 aliphatic carbocycles. The van der Waals surface area contributed by atoms with E-state index < -0.39 is 5.97 Å². The highest BCUT2D eigenvalue weighted by molar-refractivity contribution is 5.91. The van der Waals surface area contributed by atoms with Crippen molar-refractivity contribution < 1.29 is 23.7 Å². The molecule has 1 aromatic carbocycles. The molecule has 0 radical (unpaired) electrons. The third kappa shape index (κ3) is 5.18. The van der Waals surface area contributed by atoms with Gasteiger partial charge in [0.05, 0.1) is 26.9 Å². The first-order chi connectivity index (χ1) is 11.2. The lowest BCUT2D eigenvalue weighted by Crippen LogP contribution is -2.33. The van der Waals surface area contributed by atoms with E-state index in [1.807, 2.05) is 0 Å². The van der Waals surface area contributed by atoms with Gasteiger partial charge in [-0.25, -0.2) is 4.79 Å². The zero-order valence-electron chi connectivity index (χ0n) is 14.5. The van der Waals surface area contributed by atoms with E-state index in [-0.39, 0.29) is 12.4 Å². The van der Waals surface area contributed by atoms with Crippen LogP contribution in [0.1, 0.15) is 29.6 Å². The van der Waals surface area contributed by atoms with Crippen LogP contribution in [0.3, 0.4) is 0 Å². The number of halogens is 1. The van der Waals surface area contributed by atoms with Gasteiger partial charge in [-0.1, -0.05) is 6.42 Å². The molecule has 0 saturated carbocycles. The standard InChI is InChI=1S/C17H25NO5.ClH/c1-20-14-11-13(17(19)22-3)12-15(21-2)16(14)23-10-9-18-7-5-4-6-8-18;/h11-12H,4-10H2,1-3H3;1H. The van der Waals surface area contributed by atoms with Crippen LogP contribution in [-0.2, 0) is 4.74 Å². The molecule has 1 fully saturated rings. The molecule has 6 nitrogen and oxygen atoms in total. The van der Waals surface area contributed by atoms with Crippen molar-refractivity contribution in [3.63, 3.8) is 0 Å². The summed E-state index contributed by atoms with van der Waals surface area (Å²) in [6, 6.07) is 3.20. The molecule has 0 aromatic heterocycles. The van der Waals surface area contributed by atoms with Gasteiger partial charge in [0.1, 0.15) is 6.61 Å². The average molecular weight is 360 g/mol. The number of carbonyl (C=O) groups is 1. The molecule has 0 spiro atoms. The molecule has 0 amide bonds. The smallest absolute Gasteiger partial charge is 0.338 e. The summed E-state index contributed by atoms with van der Waals surface area (Å²) in [5.41, 5.74) is 0.365. The van der Waals surface area contributed by atoms with Crippen molar-refractivity contribution in [2.24, 2.45) is 0 Å². The number of carbonyl (C=O) groups excluding carboxylic acids is 1. The molecule has 136 valence electrons. The second-order valence-corrected chi connectivity index (χ2v) is 5.45. The first-order valence-electron chi connectivity index (χ1n) is 7.89. The predicted molar refractivity (Wildman–Crippen MR) is 93.9 cm³/mol. The van der Waals surface area contributed by atoms with Gasteiger partial charge in [-0.05, 0) is 38.1 Å². The number of hydrogen-bond acceptors (Lipinski definition) is 6. The maximum Gasteiger partial charge on any atom is 0.338 e. The van der Waals surface area contributed by atoms with Crippen LogP contribution in [0.15, 0.2) is 12.1 Å². The molecule has 1 aliphatic rings. The summed E-state index contributed by atoms with van der Waals surface area (Å²) in [6.07, 6.45) is 3.81. The Morgan fingerprint density at radius 2 is 1.62 bits per heavy atom. The van der Waals surface area contributed by atoms with E-state index in [9.17, 15) is 4.79 Å². The van der Waals surface area contributed by atoms with Crippen molar-refractivity contribution in [1.29, 1.82) is 0 Å². The number of likely N-dealkylation sites (tertiary alicyclic amines) is 1. The summed E-state index contributed by atoms with van der Waals surface area (Å²) in [6.45, 7) is 3.66. The van der Waals surface area contributed by atoms with Crippen molar-refractivity contribution in [2.45, 2.75) is 19.3 Å². The number of hydrogen-bond donors (Lipinski definition) is 0. The highest BCUT2D eigenvalue weighted by atomic mass is 35.5. The number of esters is 1. The van der Waals surface area contributed by atoms with Gasteiger partial charge < -0.3 is 18.9 Å². The second kappa shape index (κ2) is 10.3. The fourth-order valence-electron chi connectivity index (χ4n) is 2.72. The number of piperidine rings is 1. The highest BCUT2D eigenvalue weighted by Gasteiger charge is 2.18. The summed E-state index contributed by atoms with van der Waals surface area (Å²) in [5.74, 6) is 0.993. The molecule has 1 heterocycles. The molecule has 7 heteroatoms. The van der Waals surface area contributed by atoms with Crippen LogP contribution in [0, 0.1) is 0 Å². The van der Waals surface area contributed by atoms with E-state index in [2.05, 4.69) is 4.90 Å². The molecular formula is C17H26ClNO5. The lowest BCUT2D eigenvalue weighted by Gasteiger charge is -2.26. The van der Waals surface area contributed by atoms with Gasteiger partial charge in [-0.3, -0.25) is 4.90 Å². The van der Waals surface area contributed by atoms with E-state index in [0.29, 0.717) is 29.4 Å². The normalized spacial score (nSPS) is 14.5. The Labute approximate surface area is 149 Å². The Hall–Kier alpha value is -1.66. The molecular weight excluding hydrogens is 334 g/mol. The molecule has 24 heavy (non-hydrogen) atoms. The molecule has 0 N–H and O–H groups in total. The zero-order chi connectivity index (χ0) is 16.7. The summed E-state index contributed by atoms with van der Waals surface area (Å²) >= 11 is 0. The van der Waals surface area contributed by atoms with Gasteiger partial charge in [0.2, 0.25) is 5.75 Å². The monoisotopic (exact) mass is 359 g/mol. The first-order valence-corrected chi connectivity index (χ1v) is 7.89. The summed E-state index contributed by atoms with van der Waals surface area (Å²) in [4.78, 5) is 14.1. The van der Waals surface area contributed by atoms with Gasteiger partial charge >= 0.3 is 5.97 Å². The minimum Gasteiger partial charge on any atom is -0.493 e. The van der Waals surface area contributed by atoms with Crippen LogP contribution >= 0.6 is 12.4 Å². The zero-order valence-corrected chi connectivity index (χ0v) is 15.3. The number of benzene rings is 1. The van der Waals surface area contributed by atoms with Gasteiger partial charge in [-0.15, -0.1) is 12.4 Å². The van der Waals surface area contributed by atoms with Crippen LogP contribution in [0.5, 0.6) is 17.2 Å². The van der Waals surface area contributed by atoms with Crippen LogP contribution in [-0.4, -0.2) is 58.4 Å². The Morgan fingerprint density at radius 3 is 2.12 bits per heavy atom. The van der Waals surface area contributed by atoms with Crippen molar-refractivity contribution in [3.05, 3.63) is 17.7 Å². The number of ether oxygens (including phenoxy) is 4. The van der Waals surface area contributed by atoms with E-state index in [0.717, 1.165) is 19.6 Å². The molecule has 1 saturated heterocycles. The lowest BCUT2D eigenvalue weighted by atomic mass is 10.1. The quantitative estimate of drug-likeness (QED) is 0.698. The van der Waals surface area contributed by atoms with Crippen molar-refractivity contribution in [1.82, 2.24) is 4.90 Å². The molecule has 0 atom stereocenters. The summed E-state index contributed by atoms with van der Waals surface area (Å²) < 4.78 is 21.3. The third-order valence-electron chi connectivity index (χ3n) is 3.98. The second-order valence-electron chi connectivity index (χ2n) is 5.45. The Balaban J connectivity index is 0.00000288. The van der Waals surface area contributed by atoms with Crippen LogP contribution in [0.2, 0.25) is 0 Å². The Morgan fingerprint density at radius 1 is 1.04 bits per heavy atom. The van der Waals surface area contributed by atoms with E-state index in [1.165, 1.54) is 40.6 Å². The maximum atomic E-state index is 11.7. The topological polar surface area (TPSA) is 57.2 Å². The predicted octanol–water partition coefficient (Wildman–Crippen LogP) is 2.78. The van der Waals surface area contributed by atoms with Crippen molar-refractivity contribution in [2.75, 3.05) is 47.6 Å². The summed E-state index contributed by atoms with van der Waals surface area (Å²) in [7, 11) is 4.41. The van der Waals surface area contributed by atoms with E-state index in [1.54, 1.807) is 12.1 Å². The molecule has 2 rings (SSSR count). The maximum absolute atomic E-state index is 11.7. The van der Waals surface area contributed by atoms with E-state index in [4.69, 9.17) is 18.9 Å². The number of methoxy groups -OCH3 is 3. The molecule has 1 aliphatic heterocycles. The fourth-order valence-corrected chi connectivity index (χ4v) is 2.72. The van der Waals surface area contributed by atoms with Gasteiger partial charge in [0.15, 0.2) is 11.5 Å². The minimum absolute atomic E-state index is 0. The first kappa shape index (κ1) is 20.4. The number of rotatable bonds is 7. The van der Waals surface area contributed by atoms with E-state index >= 15 is 0 Å². The lowest BCUT2D eigenvalue weighted by molar-refractivity contribution is 0.0599. The SMILES string of the molecule is COC(=O)c1cc(OC)c(OCCN2CCCCC2)c(OC)c1.Cl. The van der Waals surface area contributed by atoms with Gasteiger partial charge in [0.25, 0.3) is 0 Å².